The lowest BCUT2D eigenvalue weighted by molar-refractivity contribution is -0.137. The number of alkyl halides is 3. The zero-order chi connectivity index (χ0) is 13.9. The summed E-state index contributed by atoms with van der Waals surface area (Å²) in [6.45, 7) is 5.63. The van der Waals surface area contributed by atoms with Gasteiger partial charge in [-0.2, -0.15) is 13.2 Å². The molecule has 2 N–H and O–H groups in total. The maximum atomic E-state index is 12.4. The molecule has 0 atom stereocenters. The molecule has 0 aromatic heterocycles. The van der Waals surface area contributed by atoms with Crippen molar-refractivity contribution in [2.45, 2.75) is 13.1 Å². The van der Waals surface area contributed by atoms with Crippen LogP contribution in [-0.4, -0.2) is 17.6 Å². The molecule has 6 heteroatoms. The zero-order valence-electron chi connectivity index (χ0n) is 9.64. The Kier molecular flexibility index (Phi) is 4.00. The summed E-state index contributed by atoms with van der Waals surface area (Å²) in [5.74, 6) is -1.41. The molecule has 0 saturated heterocycles. The van der Waals surface area contributed by atoms with Crippen LogP contribution in [0.3, 0.4) is 0 Å². The first-order valence-electron chi connectivity index (χ1n) is 5.04. The Morgan fingerprint density at radius 3 is 2.50 bits per heavy atom. The number of nitrogens with one attached hydrogen (secondary N) is 1. The van der Waals surface area contributed by atoms with E-state index in [2.05, 4.69) is 11.9 Å². The Balaban J connectivity index is 3.13. The molecule has 0 unspecified atom stereocenters. The number of aromatic carboxylic acids is 1. The molecule has 1 aromatic carbocycles. The van der Waals surface area contributed by atoms with Crippen molar-refractivity contribution in [1.82, 2.24) is 0 Å². The third kappa shape index (κ3) is 3.51. The minimum Gasteiger partial charge on any atom is -0.478 e. The maximum absolute atomic E-state index is 12.4. The second kappa shape index (κ2) is 5.12. The topological polar surface area (TPSA) is 49.3 Å². The van der Waals surface area contributed by atoms with Gasteiger partial charge in [-0.05, 0) is 25.1 Å². The van der Waals surface area contributed by atoms with Crippen molar-refractivity contribution in [1.29, 1.82) is 0 Å². The Hall–Kier alpha value is -1.98. The number of hydrogen-bond donors (Lipinski definition) is 2. The molecule has 18 heavy (non-hydrogen) atoms. The summed E-state index contributed by atoms with van der Waals surface area (Å²) in [6, 6.07) is 2.56. The first kappa shape index (κ1) is 14.1. The number of carbonyl (C=O) groups is 1. The highest BCUT2D eigenvalue weighted by Gasteiger charge is 2.31. The Morgan fingerprint density at radius 2 is 2.06 bits per heavy atom. The van der Waals surface area contributed by atoms with E-state index in [0.29, 0.717) is 12.6 Å². The minimum atomic E-state index is -4.56. The Bertz CT molecular complexity index is 481. The van der Waals surface area contributed by atoms with Gasteiger partial charge in [-0.1, -0.05) is 12.2 Å². The highest BCUT2D eigenvalue weighted by Crippen LogP contribution is 2.31. The summed E-state index contributed by atoms with van der Waals surface area (Å²) in [7, 11) is 0. The largest absolute Gasteiger partial charge is 0.478 e. The quantitative estimate of drug-likeness (QED) is 0.815. The maximum Gasteiger partial charge on any atom is 0.416 e. The van der Waals surface area contributed by atoms with E-state index in [1.54, 1.807) is 6.92 Å². The predicted octanol–water partition coefficient (Wildman–Crippen LogP) is 3.39. The number of carboxylic acid groups (broad SMARTS) is 1. The number of carboxylic acids is 1. The molecule has 1 rings (SSSR count). The van der Waals surface area contributed by atoms with Crippen LogP contribution in [0.25, 0.3) is 0 Å². The molecule has 0 heterocycles. The smallest absolute Gasteiger partial charge is 0.416 e. The van der Waals surface area contributed by atoms with E-state index in [0.717, 1.165) is 17.7 Å². The molecule has 0 spiro atoms. The minimum absolute atomic E-state index is 0.138. The van der Waals surface area contributed by atoms with E-state index in [1.165, 1.54) is 0 Å². The summed E-state index contributed by atoms with van der Waals surface area (Å²) >= 11 is 0. The van der Waals surface area contributed by atoms with Crippen molar-refractivity contribution in [3.63, 3.8) is 0 Å². The van der Waals surface area contributed by atoms with Gasteiger partial charge in [0, 0.05) is 12.2 Å². The fourth-order valence-electron chi connectivity index (χ4n) is 1.30. The molecular weight excluding hydrogens is 247 g/mol. The van der Waals surface area contributed by atoms with Crippen LogP contribution in [0, 0.1) is 0 Å². The van der Waals surface area contributed by atoms with Crippen LogP contribution in [-0.2, 0) is 6.18 Å². The van der Waals surface area contributed by atoms with E-state index in [9.17, 15) is 18.0 Å². The summed E-state index contributed by atoms with van der Waals surface area (Å²) in [4.78, 5) is 10.9. The summed E-state index contributed by atoms with van der Waals surface area (Å²) in [5, 5.41) is 11.6. The second-order valence-corrected chi connectivity index (χ2v) is 3.87. The van der Waals surface area contributed by atoms with Gasteiger partial charge in [0.25, 0.3) is 0 Å². The van der Waals surface area contributed by atoms with Crippen molar-refractivity contribution < 1.29 is 23.1 Å². The molecule has 0 fully saturated rings. The van der Waals surface area contributed by atoms with Gasteiger partial charge < -0.3 is 10.4 Å². The lowest BCUT2D eigenvalue weighted by Gasteiger charge is -2.12. The van der Waals surface area contributed by atoms with Crippen molar-refractivity contribution in [2.24, 2.45) is 0 Å². The molecule has 0 aliphatic rings. The lowest BCUT2D eigenvalue weighted by atomic mass is 10.1. The van der Waals surface area contributed by atoms with Gasteiger partial charge in [-0.15, -0.1) is 0 Å². The van der Waals surface area contributed by atoms with Crippen LogP contribution in [0.15, 0.2) is 30.4 Å². The van der Waals surface area contributed by atoms with Gasteiger partial charge in [0.05, 0.1) is 11.1 Å². The highest BCUT2D eigenvalue weighted by molar-refractivity contribution is 5.94. The fraction of sp³-hybridized carbons (Fsp3) is 0.250. The number of hydrogen-bond acceptors (Lipinski definition) is 2. The van der Waals surface area contributed by atoms with E-state index in [-0.39, 0.29) is 5.69 Å². The average molecular weight is 259 g/mol. The van der Waals surface area contributed by atoms with E-state index in [1.807, 2.05) is 0 Å². The van der Waals surface area contributed by atoms with Crippen molar-refractivity contribution in [3.05, 3.63) is 41.5 Å². The third-order valence-electron chi connectivity index (χ3n) is 2.16. The normalized spacial score (nSPS) is 11.1. The summed E-state index contributed by atoms with van der Waals surface area (Å²) in [5.41, 5.74) is -0.517. The first-order valence-corrected chi connectivity index (χ1v) is 5.04. The molecule has 0 aliphatic heterocycles. The molecule has 3 nitrogen and oxygen atoms in total. The molecule has 0 aliphatic carbocycles. The monoisotopic (exact) mass is 259 g/mol. The van der Waals surface area contributed by atoms with Crippen molar-refractivity contribution >= 4 is 11.7 Å². The molecule has 0 bridgehead atoms. The molecule has 0 saturated carbocycles. The summed E-state index contributed by atoms with van der Waals surface area (Å²) < 4.78 is 37.3. The van der Waals surface area contributed by atoms with Gasteiger partial charge >= 0.3 is 12.1 Å². The van der Waals surface area contributed by atoms with Crippen LogP contribution >= 0.6 is 0 Å². The Labute approximate surface area is 102 Å². The standard InChI is InChI=1S/C12H12F3NO2/c1-7(2)6-16-10-4-3-8(12(13,14)15)5-9(10)11(17)18/h3-5,16H,1,6H2,2H3,(H,17,18). The number of halogens is 3. The van der Waals surface area contributed by atoms with Crippen molar-refractivity contribution in [2.75, 3.05) is 11.9 Å². The average Bonchev–Trinajstić information content (AvgIpc) is 2.24. The van der Waals surface area contributed by atoms with Crippen LogP contribution in [0.1, 0.15) is 22.8 Å². The lowest BCUT2D eigenvalue weighted by Crippen LogP contribution is -2.11. The molecular formula is C12H12F3NO2. The molecule has 0 amide bonds. The van der Waals surface area contributed by atoms with Gasteiger partial charge in [0.2, 0.25) is 0 Å². The number of benzene rings is 1. The van der Waals surface area contributed by atoms with Gasteiger partial charge in [0.15, 0.2) is 0 Å². The van der Waals surface area contributed by atoms with Gasteiger partial charge in [-0.3, -0.25) is 0 Å². The second-order valence-electron chi connectivity index (χ2n) is 3.87. The van der Waals surface area contributed by atoms with E-state index < -0.39 is 23.3 Å². The summed E-state index contributed by atoms with van der Waals surface area (Å²) in [6.07, 6.45) is -4.56. The van der Waals surface area contributed by atoms with E-state index in [4.69, 9.17) is 5.11 Å². The first-order chi connectivity index (χ1) is 8.21. The molecule has 1 aromatic rings. The molecule has 98 valence electrons. The predicted molar refractivity (Wildman–Crippen MR) is 61.7 cm³/mol. The van der Waals surface area contributed by atoms with Gasteiger partial charge in [-0.25, -0.2) is 4.79 Å². The van der Waals surface area contributed by atoms with Crippen LogP contribution in [0.5, 0.6) is 0 Å². The van der Waals surface area contributed by atoms with Crippen LogP contribution < -0.4 is 5.32 Å². The zero-order valence-corrected chi connectivity index (χ0v) is 9.64. The number of rotatable bonds is 4. The van der Waals surface area contributed by atoms with E-state index >= 15 is 0 Å². The van der Waals surface area contributed by atoms with Gasteiger partial charge in [0.1, 0.15) is 0 Å². The third-order valence-corrected chi connectivity index (χ3v) is 2.16. The molecule has 0 radical (unpaired) electrons. The van der Waals surface area contributed by atoms with Crippen LogP contribution in [0.4, 0.5) is 18.9 Å². The fourth-order valence-corrected chi connectivity index (χ4v) is 1.30. The Morgan fingerprint density at radius 1 is 1.44 bits per heavy atom. The SMILES string of the molecule is C=C(C)CNc1ccc(C(F)(F)F)cc1C(=O)O. The van der Waals surface area contributed by atoms with Crippen LogP contribution in [0.2, 0.25) is 0 Å². The number of anilines is 1. The highest BCUT2D eigenvalue weighted by atomic mass is 19.4. The van der Waals surface area contributed by atoms with Crippen molar-refractivity contribution in [3.8, 4) is 0 Å².